The molecule has 1 amide bonds. The molecule has 0 unspecified atom stereocenters. The smallest absolute Gasteiger partial charge is 0.257 e. The highest BCUT2D eigenvalue weighted by Crippen LogP contribution is 2.26. The van der Waals surface area contributed by atoms with Gasteiger partial charge in [0.25, 0.3) is 5.91 Å². The summed E-state index contributed by atoms with van der Waals surface area (Å²) in [6.07, 6.45) is 0. The van der Waals surface area contributed by atoms with Crippen molar-refractivity contribution in [2.24, 2.45) is 0 Å². The topological polar surface area (TPSA) is 58.4 Å². The Morgan fingerprint density at radius 3 is 2.71 bits per heavy atom. The fraction of sp³-hybridized carbons (Fsp3) is 0.364. The van der Waals surface area contributed by atoms with E-state index >= 15 is 0 Å². The summed E-state index contributed by atoms with van der Waals surface area (Å²) in [7, 11) is 0. The number of hydrogen-bond donors (Lipinski definition) is 2. The third kappa shape index (κ3) is 2.35. The second kappa shape index (κ2) is 4.89. The van der Waals surface area contributed by atoms with Crippen LogP contribution in [-0.2, 0) is 0 Å². The maximum absolute atomic E-state index is 13.3. The Morgan fingerprint density at radius 2 is 2.06 bits per heavy atom. The molecule has 92 valence electrons. The van der Waals surface area contributed by atoms with E-state index in [-0.39, 0.29) is 22.2 Å². The van der Waals surface area contributed by atoms with Crippen molar-refractivity contribution in [3.05, 3.63) is 28.5 Å². The second-order valence-electron chi connectivity index (χ2n) is 3.86. The molecular formula is C11H13ClFN3O. The average molecular weight is 258 g/mol. The maximum Gasteiger partial charge on any atom is 0.257 e. The van der Waals surface area contributed by atoms with E-state index in [1.807, 2.05) is 0 Å². The number of nitrogens with zero attached hydrogens (tertiary/aromatic N) is 1. The van der Waals surface area contributed by atoms with Crippen molar-refractivity contribution >= 4 is 23.2 Å². The van der Waals surface area contributed by atoms with Gasteiger partial charge in [0.05, 0.1) is 16.3 Å². The zero-order chi connectivity index (χ0) is 12.4. The highest BCUT2D eigenvalue weighted by Gasteiger charge is 2.23. The van der Waals surface area contributed by atoms with Gasteiger partial charge in [0, 0.05) is 26.2 Å². The Labute approximate surface area is 104 Å². The number of anilines is 1. The van der Waals surface area contributed by atoms with Gasteiger partial charge in [0.15, 0.2) is 0 Å². The van der Waals surface area contributed by atoms with Crippen molar-refractivity contribution in [2.75, 3.05) is 31.9 Å². The van der Waals surface area contributed by atoms with E-state index in [9.17, 15) is 9.18 Å². The quantitative estimate of drug-likeness (QED) is 0.741. The minimum Gasteiger partial charge on any atom is -0.396 e. The molecule has 17 heavy (non-hydrogen) atoms. The molecular weight excluding hydrogens is 245 g/mol. The van der Waals surface area contributed by atoms with Crippen LogP contribution < -0.4 is 11.1 Å². The molecule has 2 rings (SSSR count). The van der Waals surface area contributed by atoms with Gasteiger partial charge in [0.1, 0.15) is 5.82 Å². The Balaban J connectivity index is 2.32. The van der Waals surface area contributed by atoms with Crippen LogP contribution in [0.25, 0.3) is 0 Å². The van der Waals surface area contributed by atoms with Crippen LogP contribution in [0.1, 0.15) is 10.4 Å². The van der Waals surface area contributed by atoms with Crippen LogP contribution in [0.3, 0.4) is 0 Å². The van der Waals surface area contributed by atoms with Crippen LogP contribution in [0.2, 0.25) is 5.02 Å². The van der Waals surface area contributed by atoms with E-state index in [1.54, 1.807) is 4.90 Å². The first-order valence-corrected chi connectivity index (χ1v) is 5.72. The van der Waals surface area contributed by atoms with Crippen LogP contribution in [0.4, 0.5) is 10.1 Å². The maximum atomic E-state index is 13.3. The molecule has 1 aromatic rings. The van der Waals surface area contributed by atoms with E-state index in [0.717, 1.165) is 19.2 Å². The van der Waals surface area contributed by atoms with Crippen molar-refractivity contribution in [2.45, 2.75) is 0 Å². The SMILES string of the molecule is Nc1c(F)ccc(Cl)c1C(=O)N1CCNCC1. The number of carbonyl (C=O) groups excluding carboxylic acids is 1. The van der Waals surface area contributed by atoms with E-state index in [4.69, 9.17) is 17.3 Å². The lowest BCUT2D eigenvalue weighted by atomic mass is 10.1. The van der Waals surface area contributed by atoms with Crippen LogP contribution in [0.15, 0.2) is 12.1 Å². The number of nitrogens with two attached hydrogens (primary N) is 1. The Morgan fingerprint density at radius 1 is 1.41 bits per heavy atom. The first kappa shape index (κ1) is 12.1. The normalized spacial score (nSPS) is 16.0. The molecule has 0 radical (unpaired) electrons. The third-order valence-electron chi connectivity index (χ3n) is 2.76. The third-order valence-corrected chi connectivity index (χ3v) is 3.07. The standard InChI is InChI=1S/C11H13ClFN3O/c12-7-1-2-8(13)10(14)9(7)11(17)16-5-3-15-4-6-16/h1-2,15H,3-6,14H2. The summed E-state index contributed by atoms with van der Waals surface area (Å²) in [6, 6.07) is 2.51. The zero-order valence-corrected chi connectivity index (χ0v) is 9.93. The van der Waals surface area contributed by atoms with E-state index in [2.05, 4.69) is 5.32 Å². The fourth-order valence-corrected chi connectivity index (χ4v) is 2.06. The van der Waals surface area contributed by atoms with Gasteiger partial charge in [-0.25, -0.2) is 4.39 Å². The molecule has 0 atom stereocenters. The summed E-state index contributed by atoms with van der Waals surface area (Å²) in [5, 5.41) is 3.32. The number of rotatable bonds is 1. The zero-order valence-electron chi connectivity index (χ0n) is 9.17. The largest absolute Gasteiger partial charge is 0.396 e. The van der Waals surface area contributed by atoms with Gasteiger partial charge in [-0.2, -0.15) is 0 Å². The minimum atomic E-state index is -0.618. The molecule has 1 aromatic carbocycles. The van der Waals surface area contributed by atoms with Gasteiger partial charge in [-0.1, -0.05) is 11.6 Å². The predicted molar refractivity (Wildman–Crippen MR) is 64.6 cm³/mol. The van der Waals surface area contributed by atoms with Gasteiger partial charge in [-0.05, 0) is 12.1 Å². The molecule has 6 heteroatoms. The molecule has 1 aliphatic rings. The summed E-state index contributed by atoms with van der Waals surface area (Å²) in [4.78, 5) is 13.8. The van der Waals surface area contributed by atoms with Crippen LogP contribution in [-0.4, -0.2) is 37.0 Å². The molecule has 1 aliphatic heterocycles. The molecule has 0 aliphatic carbocycles. The minimum absolute atomic E-state index is 0.0635. The molecule has 3 N–H and O–H groups in total. The number of nitrogen functional groups attached to an aromatic ring is 1. The first-order chi connectivity index (χ1) is 8.11. The van der Waals surface area contributed by atoms with Crippen LogP contribution >= 0.6 is 11.6 Å². The van der Waals surface area contributed by atoms with E-state index < -0.39 is 5.82 Å². The molecule has 0 aromatic heterocycles. The number of hydrogen-bond acceptors (Lipinski definition) is 3. The van der Waals surface area contributed by atoms with Gasteiger partial charge in [-0.15, -0.1) is 0 Å². The molecule has 1 saturated heterocycles. The Hall–Kier alpha value is -1.33. The highest BCUT2D eigenvalue weighted by molar-refractivity contribution is 6.34. The van der Waals surface area contributed by atoms with Gasteiger partial charge < -0.3 is 16.0 Å². The van der Waals surface area contributed by atoms with Gasteiger partial charge in [-0.3, -0.25) is 4.79 Å². The van der Waals surface area contributed by atoms with Crippen molar-refractivity contribution < 1.29 is 9.18 Å². The lowest BCUT2D eigenvalue weighted by Gasteiger charge is -2.28. The summed E-state index contributed by atoms with van der Waals surface area (Å²) >= 11 is 5.91. The fourth-order valence-electron chi connectivity index (χ4n) is 1.81. The number of halogens is 2. The number of piperazine rings is 1. The summed E-state index contributed by atoms with van der Waals surface area (Å²) in [6.45, 7) is 2.59. The van der Waals surface area contributed by atoms with Crippen molar-refractivity contribution in [1.82, 2.24) is 10.2 Å². The lowest BCUT2D eigenvalue weighted by Crippen LogP contribution is -2.46. The molecule has 1 fully saturated rings. The van der Waals surface area contributed by atoms with E-state index in [1.165, 1.54) is 6.07 Å². The van der Waals surface area contributed by atoms with Crippen LogP contribution in [0, 0.1) is 5.82 Å². The first-order valence-electron chi connectivity index (χ1n) is 5.34. The van der Waals surface area contributed by atoms with Crippen molar-refractivity contribution in [3.8, 4) is 0 Å². The van der Waals surface area contributed by atoms with Gasteiger partial charge >= 0.3 is 0 Å². The Bertz CT molecular complexity index is 447. The molecule has 0 bridgehead atoms. The van der Waals surface area contributed by atoms with Crippen LogP contribution in [0.5, 0.6) is 0 Å². The monoisotopic (exact) mass is 257 g/mol. The molecule has 4 nitrogen and oxygen atoms in total. The van der Waals surface area contributed by atoms with E-state index in [0.29, 0.717) is 13.1 Å². The second-order valence-corrected chi connectivity index (χ2v) is 4.27. The van der Waals surface area contributed by atoms with Gasteiger partial charge in [0.2, 0.25) is 0 Å². The molecule has 0 saturated carbocycles. The molecule has 0 spiro atoms. The number of nitrogens with one attached hydrogen (secondary N) is 1. The van der Waals surface area contributed by atoms with Crippen molar-refractivity contribution in [3.63, 3.8) is 0 Å². The summed E-state index contributed by atoms with van der Waals surface area (Å²) in [5.41, 5.74) is 5.45. The predicted octanol–water partition coefficient (Wildman–Crippen LogP) is 1.11. The highest BCUT2D eigenvalue weighted by atomic mass is 35.5. The number of benzene rings is 1. The number of amides is 1. The lowest BCUT2D eigenvalue weighted by molar-refractivity contribution is 0.0736. The molecule has 1 heterocycles. The summed E-state index contributed by atoms with van der Waals surface area (Å²) < 4.78 is 13.3. The van der Waals surface area contributed by atoms with Crippen molar-refractivity contribution in [1.29, 1.82) is 0 Å². The average Bonchev–Trinajstić information content (AvgIpc) is 2.35. The number of carbonyl (C=O) groups is 1. The summed E-state index contributed by atoms with van der Waals surface area (Å²) in [5.74, 6) is -0.929. The Kier molecular flexibility index (Phi) is 3.49.